The average Bonchev–Trinajstić information content (AvgIpc) is 2.70. The third-order valence-electron chi connectivity index (χ3n) is 3.40. The zero-order chi connectivity index (χ0) is 14.0. The van der Waals surface area contributed by atoms with Gasteiger partial charge in [0.15, 0.2) is 24.0 Å². The first-order chi connectivity index (χ1) is 8.69. The highest BCUT2D eigenvalue weighted by molar-refractivity contribution is 5.73. The van der Waals surface area contributed by atoms with E-state index in [-0.39, 0.29) is 0 Å². The third kappa shape index (κ3) is 2.15. The molecule has 3 rings (SSSR count). The van der Waals surface area contributed by atoms with Gasteiger partial charge in [-0.05, 0) is 27.7 Å². The Hall–Kier alpha value is -0.730. The van der Waals surface area contributed by atoms with Crippen LogP contribution in [0.3, 0.4) is 0 Å². The maximum absolute atomic E-state index is 11.3. The minimum atomic E-state index is -1.12. The molecule has 0 aliphatic carbocycles. The number of ether oxygens (including phenoxy) is 5. The molecule has 0 saturated carbocycles. The van der Waals surface area contributed by atoms with Gasteiger partial charge in [0, 0.05) is 0 Å². The highest BCUT2D eigenvalue weighted by Gasteiger charge is 2.62. The monoisotopic (exact) mass is 274 g/mol. The van der Waals surface area contributed by atoms with Crippen LogP contribution in [0.4, 0.5) is 0 Å². The van der Waals surface area contributed by atoms with E-state index >= 15 is 0 Å². The summed E-state index contributed by atoms with van der Waals surface area (Å²) in [5, 5.41) is 9.25. The minimum absolute atomic E-state index is 0.489. The van der Waals surface area contributed by atoms with Crippen molar-refractivity contribution in [1.82, 2.24) is 0 Å². The lowest BCUT2D eigenvalue weighted by molar-refractivity contribution is -0.237. The Morgan fingerprint density at radius 3 is 2.05 bits per heavy atom. The molecule has 0 radical (unpaired) electrons. The number of carboxylic acids is 1. The molecule has 0 bridgehead atoms. The Morgan fingerprint density at radius 2 is 1.42 bits per heavy atom. The molecular weight excluding hydrogens is 256 g/mol. The molecule has 0 aromatic heterocycles. The van der Waals surface area contributed by atoms with E-state index in [0.29, 0.717) is 0 Å². The van der Waals surface area contributed by atoms with E-state index in [9.17, 15) is 9.90 Å². The van der Waals surface area contributed by atoms with Crippen molar-refractivity contribution >= 4 is 5.97 Å². The molecule has 19 heavy (non-hydrogen) atoms. The van der Waals surface area contributed by atoms with Crippen molar-refractivity contribution in [3.8, 4) is 0 Å². The van der Waals surface area contributed by atoms with Crippen molar-refractivity contribution in [3.63, 3.8) is 0 Å². The van der Waals surface area contributed by atoms with E-state index < -0.39 is 48.2 Å². The van der Waals surface area contributed by atoms with Gasteiger partial charge in [-0.1, -0.05) is 0 Å². The standard InChI is InChI=1S/C12H18O7/c1-11(2)16-5-6(17-11)8-10(15-7(5)9(13)14)19-12(3,4)18-8/h5-8,10H,1-4H3,(H,13,14). The molecule has 3 aliphatic rings. The smallest absolute Gasteiger partial charge is 0.335 e. The first-order valence-corrected chi connectivity index (χ1v) is 6.28. The molecule has 0 aromatic rings. The molecule has 3 heterocycles. The number of hydrogen-bond donors (Lipinski definition) is 1. The summed E-state index contributed by atoms with van der Waals surface area (Å²) in [4.78, 5) is 11.3. The van der Waals surface area contributed by atoms with Crippen molar-refractivity contribution < 1.29 is 33.6 Å². The van der Waals surface area contributed by atoms with Crippen LogP contribution in [0.2, 0.25) is 0 Å². The first kappa shape index (κ1) is 13.3. The summed E-state index contributed by atoms with van der Waals surface area (Å²) < 4.78 is 28.2. The molecule has 0 amide bonds. The third-order valence-corrected chi connectivity index (χ3v) is 3.40. The Kier molecular flexibility index (Phi) is 2.72. The van der Waals surface area contributed by atoms with Crippen LogP contribution in [0.15, 0.2) is 0 Å². The van der Waals surface area contributed by atoms with Crippen molar-refractivity contribution in [2.24, 2.45) is 0 Å². The van der Waals surface area contributed by atoms with Crippen LogP contribution in [0.25, 0.3) is 0 Å². The maximum atomic E-state index is 11.3. The molecule has 7 heteroatoms. The number of aliphatic carboxylic acids is 1. The summed E-state index contributed by atoms with van der Waals surface area (Å²) in [6.07, 6.45) is -3.58. The van der Waals surface area contributed by atoms with Gasteiger partial charge in [-0.2, -0.15) is 0 Å². The van der Waals surface area contributed by atoms with Crippen molar-refractivity contribution in [1.29, 1.82) is 0 Å². The lowest BCUT2D eigenvalue weighted by atomic mass is 9.99. The Morgan fingerprint density at radius 1 is 0.895 bits per heavy atom. The van der Waals surface area contributed by atoms with Gasteiger partial charge >= 0.3 is 5.97 Å². The predicted octanol–water partition coefficient (Wildman–Crippen LogP) is 0.467. The topological polar surface area (TPSA) is 83.5 Å². The maximum Gasteiger partial charge on any atom is 0.335 e. The molecular formula is C12H18O7. The molecule has 108 valence electrons. The Balaban J connectivity index is 1.91. The van der Waals surface area contributed by atoms with Gasteiger partial charge in [-0.15, -0.1) is 0 Å². The molecule has 3 saturated heterocycles. The summed E-state index contributed by atoms with van der Waals surface area (Å²) in [6, 6.07) is 0. The average molecular weight is 274 g/mol. The fraction of sp³-hybridized carbons (Fsp3) is 0.917. The number of rotatable bonds is 1. The van der Waals surface area contributed by atoms with Crippen LogP contribution in [0.1, 0.15) is 27.7 Å². The molecule has 5 atom stereocenters. The van der Waals surface area contributed by atoms with Crippen molar-refractivity contribution in [3.05, 3.63) is 0 Å². The van der Waals surface area contributed by atoms with Gasteiger partial charge in [-0.25, -0.2) is 4.79 Å². The number of hydrogen-bond acceptors (Lipinski definition) is 6. The second kappa shape index (κ2) is 3.89. The lowest BCUT2D eigenvalue weighted by Gasteiger charge is -2.35. The highest BCUT2D eigenvalue weighted by atomic mass is 16.9. The fourth-order valence-electron chi connectivity index (χ4n) is 2.81. The van der Waals surface area contributed by atoms with Crippen LogP contribution in [-0.4, -0.2) is 53.4 Å². The number of carboxylic acid groups (broad SMARTS) is 1. The van der Waals surface area contributed by atoms with Crippen LogP contribution in [0.5, 0.6) is 0 Å². The van der Waals surface area contributed by atoms with E-state index in [1.54, 1.807) is 27.7 Å². The second-order valence-electron chi connectivity index (χ2n) is 5.93. The molecule has 7 nitrogen and oxygen atoms in total. The summed E-state index contributed by atoms with van der Waals surface area (Å²) in [5.41, 5.74) is 0. The fourth-order valence-corrected chi connectivity index (χ4v) is 2.81. The molecule has 1 N–H and O–H groups in total. The largest absolute Gasteiger partial charge is 0.479 e. The summed E-state index contributed by atoms with van der Waals surface area (Å²) in [5.74, 6) is -2.79. The van der Waals surface area contributed by atoms with Gasteiger partial charge in [-0.3, -0.25) is 0 Å². The number of fused-ring (bicyclic) bond motifs is 3. The van der Waals surface area contributed by atoms with E-state index in [2.05, 4.69) is 0 Å². The van der Waals surface area contributed by atoms with Gasteiger partial charge in [0.25, 0.3) is 0 Å². The van der Waals surface area contributed by atoms with E-state index in [1.807, 2.05) is 0 Å². The van der Waals surface area contributed by atoms with Gasteiger partial charge in [0.05, 0.1) is 0 Å². The van der Waals surface area contributed by atoms with Crippen molar-refractivity contribution in [2.45, 2.75) is 70.0 Å². The van der Waals surface area contributed by atoms with E-state index in [0.717, 1.165) is 0 Å². The normalized spacial score (nSPS) is 46.6. The van der Waals surface area contributed by atoms with Crippen LogP contribution in [-0.2, 0) is 28.5 Å². The minimum Gasteiger partial charge on any atom is -0.479 e. The molecule has 0 aromatic carbocycles. The van der Waals surface area contributed by atoms with E-state index in [1.165, 1.54) is 0 Å². The quantitative estimate of drug-likeness (QED) is 0.744. The Labute approximate surface area is 110 Å². The van der Waals surface area contributed by atoms with Gasteiger partial charge in [0.2, 0.25) is 0 Å². The predicted molar refractivity (Wildman–Crippen MR) is 60.2 cm³/mol. The van der Waals surface area contributed by atoms with Crippen LogP contribution < -0.4 is 0 Å². The summed E-state index contributed by atoms with van der Waals surface area (Å²) >= 11 is 0. The van der Waals surface area contributed by atoms with Gasteiger partial charge in [0.1, 0.15) is 18.3 Å². The summed E-state index contributed by atoms with van der Waals surface area (Å²) in [7, 11) is 0. The summed E-state index contributed by atoms with van der Waals surface area (Å²) in [6.45, 7) is 6.97. The van der Waals surface area contributed by atoms with Crippen LogP contribution in [0, 0.1) is 0 Å². The molecule has 3 aliphatic heterocycles. The van der Waals surface area contributed by atoms with Crippen LogP contribution >= 0.6 is 0 Å². The molecule has 0 spiro atoms. The van der Waals surface area contributed by atoms with E-state index in [4.69, 9.17) is 23.7 Å². The zero-order valence-corrected chi connectivity index (χ0v) is 11.3. The lowest BCUT2D eigenvalue weighted by Crippen LogP contribution is -2.57. The molecule has 3 fully saturated rings. The first-order valence-electron chi connectivity index (χ1n) is 6.28. The van der Waals surface area contributed by atoms with Crippen molar-refractivity contribution in [2.75, 3.05) is 0 Å². The number of carbonyl (C=O) groups is 1. The van der Waals surface area contributed by atoms with Gasteiger partial charge < -0.3 is 28.8 Å². The highest BCUT2D eigenvalue weighted by Crippen LogP contribution is 2.43. The zero-order valence-electron chi connectivity index (χ0n) is 11.3. The SMILES string of the molecule is CC1(C)OC2OC(C(=O)O)C3OC(C)(C)OC3C2O1. The second-order valence-corrected chi connectivity index (χ2v) is 5.93. The molecule has 5 unspecified atom stereocenters. The Bertz CT molecular complexity index is 405.